The smallest absolute Gasteiger partial charge is 0.289 e. The van der Waals surface area contributed by atoms with Crippen molar-refractivity contribution >= 4 is 11.9 Å². The molecule has 22 heavy (non-hydrogen) atoms. The number of nitrogens with zero attached hydrogens (tertiary/aromatic N) is 2. The number of carbonyl (C=O) groups excluding carboxylic acids is 1. The summed E-state index contributed by atoms with van der Waals surface area (Å²) in [4.78, 5) is 12.4. The van der Waals surface area contributed by atoms with E-state index < -0.39 is 11.7 Å². The SMILES string of the molecule is Cn1ncc2c1CCC(=Cc1cccc(C(F)(F)F)c1)C2=O. The number of aryl methyl sites for hydroxylation is 1. The number of fused-ring (bicyclic) bond motifs is 1. The van der Waals surface area contributed by atoms with Crippen molar-refractivity contribution in [3.8, 4) is 0 Å². The molecular formula is C16H13F3N2O. The molecule has 3 rings (SSSR count). The second-order valence-corrected chi connectivity index (χ2v) is 5.25. The Kier molecular flexibility index (Phi) is 3.39. The van der Waals surface area contributed by atoms with Gasteiger partial charge in [0.1, 0.15) is 0 Å². The summed E-state index contributed by atoms with van der Waals surface area (Å²) in [5.74, 6) is -0.160. The van der Waals surface area contributed by atoms with Crippen molar-refractivity contribution in [3.63, 3.8) is 0 Å². The molecule has 0 bridgehead atoms. The fourth-order valence-electron chi connectivity index (χ4n) is 2.63. The van der Waals surface area contributed by atoms with Gasteiger partial charge in [0.05, 0.1) is 17.3 Å². The summed E-state index contributed by atoms with van der Waals surface area (Å²) in [6, 6.07) is 4.98. The quantitative estimate of drug-likeness (QED) is 0.754. The van der Waals surface area contributed by atoms with Crippen LogP contribution >= 0.6 is 0 Å². The Hall–Kier alpha value is -2.37. The fraction of sp³-hybridized carbons (Fsp3) is 0.250. The molecule has 0 spiro atoms. The first-order chi connectivity index (χ1) is 10.4. The summed E-state index contributed by atoms with van der Waals surface area (Å²) in [5, 5.41) is 4.06. The number of halogens is 3. The third-order valence-corrected chi connectivity index (χ3v) is 3.78. The van der Waals surface area contributed by atoms with E-state index in [2.05, 4.69) is 5.10 Å². The summed E-state index contributed by atoms with van der Waals surface area (Å²) in [6.45, 7) is 0. The molecule has 0 aliphatic heterocycles. The third kappa shape index (κ3) is 2.56. The number of aromatic nitrogens is 2. The highest BCUT2D eigenvalue weighted by atomic mass is 19.4. The van der Waals surface area contributed by atoms with Crippen LogP contribution < -0.4 is 0 Å². The van der Waals surface area contributed by atoms with E-state index in [-0.39, 0.29) is 5.78 Å². The second kappa shape index (κ2) is 5.12. The number of hydrogen-bond donors (Lipinski definition) is 0. The molecule has 1 aromatic heterocycles. The van der Waals surface area contributed by atoms with Gasteiger partial charge < -0.3 is 0 Å². The molecule has 0 saturated carbocycles. The predicted octanol–water partition coefficient (Wildman–Crippen LogP) is 3.65. The molecule has 1 heterocycles. The average molecular weight is 306 g/mol. The molecule has 0 saturated heterocycles. The van der Waals surface area contributed by atoms with E-state index in [9.17, 15) is 18.0 Å². The van der Waals surface area contributed by atoms with Crippen LogP contribution in [0, 0.1) is 0 Å². The van der Waals surface area contributed by atoms with Gasteiger partial charge in [-0.25, -0.2) is 0 Å². The summed E-state index contributed by atoms with van der Waals surface area (Å²) >= 11 is 0. The van der Waals surface area contributed by atoms with Gasteiger partial charge in [-0.3, -0.25) is 9.48 Å². The van der Waals surface area contributed by atoms with Gasteiger partial charge in [0.2, 0.25) is 0 Å². The van der Waals surface area contributed by atoms with Crippen LogP contribution in [0.2, 0.25) is 0 Å². The predicted molar refractivity (Wildman–Crippen MR) is 75.3 cm³/mol. The summed E-state index contributed by atoms with van der Waals surface area (Å²) < 4.78 is 39.8. The Morgan fingerprint density at radius 2 is 2.05 bits per heavy atom. The van der Waals surface area contributed by atoms with Crippen molar-refractivity contribution < 1.29 is 18.0 Å². The van der Waals surface area contributed by atoms with E-state index >= 15 is 0 Å². The van der Waals surface area contributed by atoms with Gasteiger partial charge in [-0.05, 0) is 36.6 Å². The zero-order valence-electron chi connectivity index (χ0n) is 11.8. The topological polar surface area (TPSA) is 34.9 Å². The van der Waals surface area contributed by atoms with Gasteiger partial charge in [0.25, 0.3) is 0 Å². The van der Waals surface area contributed by atoms with Crippen LogP contribution in [0.5, 0.6) is 0 Å². The molecule has 2 aromatic rings. The number of carbonyl (C=O) groups is 1. The number of ketones is 1. The number of hydrogen-bond acceptors (Lipinski definition) is 2. The molecule has 0 amide bonds. The normalized spacial score (nSPS) is 16.9. The monoisotopic (exact) mass is 306 g/mol. The molecule has 0 N–H and O–H groups in total. The van der Waals surface area contributed by atoms with Crippen LogP contribution in [0.15, 0.2) is 36.0 Å². The Bertz CT molecular complexity index is 772. The van der Waals surface area contributed by atoms with Gasteiger partial charge in [-0.2, -0.15) is 18.3 Å². The second-order valence-electron chi connectivity index (χ2n) is 5.25. The third-order valence-electron chi connectivity index (χ3n) is 3.78. The first-order valence-corrected chi connectivity index (χ1v) is 6.79. The van der Waals surface area contributed by atoms with E-state index in [1.54, 1.807) is 17.8 Å². The lowest BCUT2D eigenvalue weighted by Gasteiger charge is -2.15. The van der Waals surface area contributed by atoms with Gasteiger partial charge >= 0.3 is 6.18 Å². The maximum atomic E-state index is 12.7. The Morgan fingerprint density at radius 1 is 1.27 bits per heavy atom. The van der Waals surface area contributed by atoms with Gasteiger partial charge in [-0.1, -0.05) is 12.1 Å². The molecule has 0 atom stereocenters. The standard InChI is InChI=1S/C16H13F3N2O/c1-21-14-6-5-11(15(22)13(14)9-20-21)7-10-3-2-4-12(8-10)16(17,18)19/h2-4,7-9H,5-6H2,1H3. The molecule has 6 heteroatoms. The molecule has 114 valence electrons. The summed E-state index contributed by atoms with van der Waals surface area (Å²) in [5.41, 5.74) is 1.58. The minimum Gasteiger partial charge on any atom is -0.289 e. The average Bonchev–Trinajstić information content (AvgIpc) is 2.84. The number of allylic oxidation sites excluding steroid dienone is 1. The maximum Gasteiger partial charge on any atom is 0.416 e. The minimum absolute atomic E-state index is 0.160. The van der Waals surface area contributed by atoms with Crippen LogP contribution in [-0.2, 0) is 19.6 Å². The van der Waals surface area contributed by atoms with Crippen molar-refractivity contribution in [3.05, 3.63) is 58.4 Å². The van der Waals surface area contributed by atoms with Gasteiger partial charge in [0.15, 0.2) is 5.78 Å². The highest BCUT2D eigenvalue weighted by Gasteiger charge is 2.30. The lowest BCUT2D eigenvalue weighted by molar-refractivity contribution is -0.137. The van der Waals surface area contributed by atoms with Gasteiger partial charge in [-0.15, -0.1) is 0 Å². The summed E-state index contributed by atoms with van der Waals surface area (Å²) in [6.07, 6.45) is -0.185. The minimum atomic E-state index is -4.39. The molecule has 0 unspecified atom stereocenters. The first kappa shape index (κ1) is 14.6. The van der Waals surface area contributed by atoms with Crippen molar-refractivity contribution in [2.24, 2.45) is 7.05 Å². The molecule has 1 aromatic carbocycles. The highest BCUT2D eigenvalue weighted by Crippen LogP contribution is 2.31. The Balaban J connectivity index is 1.95. The highest BCUT2D eigenvalue weighted by molar-refractivity contribution is 6.12. The van der Waals surface area contributed by atoms with Crippen LogP contribution in [0.3, 0.4) is 0 Å². The molecule has 0 fully saturated rings. The van der Waals surface area contributed by atoms with E-state index in [0.717, 1.165) is 17.8 Å². The molecule has 1 aliphatic rings. The lowest BCUT2D eigenvalue weighted by atomic mass is 9.90. The van der Waals surface area contributed by atoms with Crippen molar-refractivity contribution in [2.75, 3.05) is 0 Å². The van der Waals surface area contributed by atoms with E-state index in [1.807, 2.05) is 0 Å². The molecule has 1 aliphatic carbocycles. The van der Waals surface area contributed by atoms with Crippen LogP contribution in [0.25, 0.3) is 6.08 Å². The number of benzene rings is 1. The summed E-state index contributed by atoms with van der Waals surface area (Å²) in [7, 11) is 1.77. The van der Waals surface area contributed by atoms with Gasteiger partial charge in [0, 0.05) is 18.3 Å². The lowest BCUT2D eigenvalue weighted by Crippen LogP contribution is -2.15. The molecule has 3 nitrogen and oxygen atoms in total. The zero-order valence-corrected chi connectivity index (χ0v) is 11.8. The molecule has 0 radical (unpaired) electrons. The van der Waals surface area contributed by atoms with Crippen LogP contribution in [-0.4, -0.2) is 15.6 Å². The number of Topliss-reactive ketones (excluding diaryl/α,β-unsaturated/α-hetero) is 1. The van der Waals surface area contributed by atoms with E-state index in [4.69, 9.17) is 0 Å². The van der Waals surface area contributed by atoms with E-state index in [0.29, 0.717) is 29.5 Å². The van der Waals surface area contributed by atoms with Crippen molar-refractivity contribution in [2.45, 2.75) is 19.0 Å². The zero-order chi connectivity index (χ0) is 15.9. The Morgan fingerprint density at radius 3 is 2.77 bits per heavy atom. The van der Waals surface area contributed by atoms with Crippen molar-refractivity contribution in [1.29, 1.82) is 0 Å². The largest absolute Gasteiger partial charge is 0.416 e. The van der Waals surface area contributed by atoms with Crippen LogP contribution in [0.4, 0.5) is 13.2 Å². The molecular weight excluding hydrogens is 293 g/mol. The number of rotatable bonds is 1. The fourth-order valence-corrected chi connectivity index (χ4v) is 2.63. The first-order valence-electron chi connectivity index (χ1n) is 6.79. The van der Waals surface area contributed by atoms with E-state index in [1.165, 1.54) is 18.3 Å². The number of alkyl halides is 3. The Labute approximate surface area is 125 Å². The van der Waals surface area contributed by atoms with Crippen molar-refractivity contribution in [1.82, 2.24) is 9.78 Å². The van der Waals surface area contributed by atoms with Crippen LogP contribution in [0.1, 0.15) is 33.6 Å². The maximum absolute atomic E-state index is 12.7.